The van der Waals surface area contributed by atoms with Crippen molar-refractivity contribution in [2.45, 2.75) is 37.6 Å². The maximum Gasteiger partial charge on any atom is 0.260 e. The number of carbonyl (C=O) groups excluding carboxylic acids is 2. The molecule has 1 fully saturated rings. The summed E-state index contributed by atoms with van der Waals surface area (Å²) in [5, 5.41) is 0. The Bertz CT molecular complexity index is 1290. The van der Waals surface area contributed by atoms with Gasteiger partial charge in [0.1, 0.15) is 11.6 Å². The Labute approximate surface area is 230 Å². The van der Waals surface area contributed by atoms with Gasteiger partial charge in [-0.15, -0.1) is 0 Å². The van der Waals surface area contributed by atoms with E-state index in [0.29, 0.717) is 17.5 Å². The molecule has 200 valence electrons. The lowest BCUT2D eigenvalue weighted by molar-refractivity contribution is -0.134. The number of aliphatic imine (C=N–C) groups is 1. The number of carbonyl (C=O) groups is 2. The summed E-state index contributed by atoms with van der Waals surface area (Å²) in [4.78, 5) is 33.1. The molecule has 2 N–H and O–H groups in total. The van der Waals surface area contributed by atoms with Crippen LogP contribution in [-0.4, -0.2) is 42.1 Å². The normalized spacial score (nSPS) is 18.6. The molecule has 3 aromatic rings. The van der Waals surface area contributed by atoms with Crippen molar-refractivity contribution >= 4 is 17.5 Å². The number of nitrogens with zero attached hydrogens (tertiary/aromatic N) is 2. The highest BCUT2D eigenvalue weighted by molar-refractivity contribution is 6.10. The lowest BCUT2D eigenvalue weighted by atomic mass is 9.75. The highest BCUT2D eigenvalue weighted by Gasteiger charge is 2.44. The van der Waals surface area contributed by atoms with E-state index in [1.54, 1.807) is 0 Å². The van der Waals surface area contributed by atoms with Crippen LogP contribution >= 0.6 is 0 Å². The molecule has 2 aliphatic rings. The fourth-order valence-corrected chi connectivity index (χ4v) is 5.58. The van der Waals surface area contributed by atoms with Crippen LogP contribution in [0, 0.1) is 5.92 Å². The number of hydrogen-bond donors (Lipinski definition) is 1. The second kappa shape index (κ2) is 12.1. The number of hydrogen-bond acceptors (Lipinski definition) is 5. The van der Waals surface area contributed by atoms with Gasteiger partial charge in [0.15, 0.2) is 17.9 Å². The molecule has 1 amide bonds. The van der Waals surface area contributed by atoms with Gasteiger partial charge in [0.2, 0.25) is 0 Å². The Morgan fingerprint density at radius 2 is 1.49 bits per heavy atom. The highest BCUT2D eigenvalue weighted by Crippen LogP contribution is 2.40. The molecule has 0 spiro atoms. The molecule has 0 aromatic heterocycles. The van der Waals surface area contributed by atoms with Crippen LogP contribution in [0.5, 0.6) is 5.75 Å². The molecule has 5 rings (SSSR count). The van der Waals surface area contributed by atoms with Crippen molar-refractivity contribution in [3.05, 3.63) is 114 Å². The van der Waals surface area contributed by atoms with Crippen molar-refractivity contribution in [2.24, 2.45) is 16.6 Å². The van der Waals surface area contributed by atoms with Gasteiger partial charge in [-0.3, -0.25) is 9.59 Å². The van der Waals surface area contributed by atoms with E-state index in [-0.39, 0.29) is 24.7 Å². The summed E-state index contributed by atoms with van der Waals surface area (Å²) < 4.78 is 5.62. The number of Topliss-reactive ketones (excluding diaryl/α,β-unsaturated/α-hetero) is 1. The number of piperidine rings is 1. The first-order valence-corrected chi connectivity index (χ1v) is 13.7. The van der Waals surface area contributed by atoms with Gasteiger partial charge in [-0.2, -0.15) is 0 Å². The number of likely N-dealkylation sites (tertiary alicyclic amines) is 1. The number of benzene rings is 3. The minimum absolute atomic E-state index is 0.0319. The summed E-state index contributed by atoms with van der Waals surface area (Å²) in [6, 6.07) is 28.8. The van der Waals surface area contributed by atoms with Gasteiger partial charge in [0.25, 0.3) is 5.91 Å². The van der Waals surface area contributed by atoms with E-state index in [9.17, 15) is 9.59 Å². The Kier molecular flexibility index (Phi) is 8.21. The van der Waals surface area contributed by atoms with Gasteiger partial charge in [0, 0.05) is 19.5 Å². The zero-order chi connectivity index (χ0) is 27.1. The smallest absolute Gasteiger partial charge is 0.260 e. The molecule has 1 saturated heterocycles. The number of nitrogens with two attached hydrogens (primary N) is 1. The first kappa shape index (κ1) is 26.4. The van der Waals surface area contributed by atoms with Gasteiger partial charge in [-0.25, -0.2) is 4.99 Å². The summed E-state index contributed by atoms with van der Waals surface area (Å²) in [5.74, 6) is 1.74. The fourth-order valence-electron chi connectivity index (χ4n) is 5.58. The minimum Gasteiger partial charge on any atom is -0.484 e. The molecule has 39 heavy (non-hydrogen) atoms. The van der Waals surface area contributed by atoms with E-state index in [1.165, 1.54) is 0 Å². The zero-order valence-corrected chi connectivity index (χ0v) is 22.2. The molecule has 0 bridgehead atoms. The third-order valence-corrected chi connectivity index (χ3v) is 7.79. The van der Waals surface area contributed by atoms with E-state index in [4.69, 9.17) is 15.5 Å². The van der Waals surface area contributed by atoms with Crippen molar-refractivity contribution in [3.63, 3.8) is 0 Å². The molecule has 3 aromatic carbocycles. The summed E-state index contributed by atoms with van der Waals surface area (Å²) in [5.41, 5.74) is 7.87. The summed E-state index contributed by atoms with van der Waals surface area (Å²) in [6.07, 6.45) is 6.10. The van der Waals surface area contributed by atoms with Crippen LogP contribution in [0.2, 0.25) is 0 Å². The van der Waals surface area contributed by atoms with Crippen LogP contribution in [0.15, 0.2) is 108 Å². The van der Waals surface area contributed by atoms with Gasteiger partial charge >= 0.3 is 0 Å². The topological polar surface area (TPSA) is 85.0 Å². The maximum absolute atomic E-state index is 13.7. The number of amidine groups is 1. The first-order chi connectivity index (χ1) is 19.1. The summed E-state index contributed by atoms with van der Waals surface area (Å²) in [7, 11) is 0. The number of rotatable bonds is 8. The number of ether oxygens (including phenoxy) is 1. The molecule has 0 saturated carbocycles. The number of para-hydroxylation sites is 1. The third-order valence-electron chi connectivity index (χ3n) is 7.79. The van der Waals surface area contributed by atoms with Crippen LogP contribution in [0.25, 0.3) is 0 Å². The van der Waals surface area contributed by atoms with E-state index in [1.807, 2.05) is 95.9 Å². The lowest BCUT2D eigenvalue weighted by Crippen LogP contribution is -2.42. The van der Waals surface area contributed by atoms with Gasteiger partial charge < -0.3 is 15.4 Å². The molecule has 0 radical (unpaired) electrons. The molecular weight excluding hydrogens is 486 g/mol. The predicted molar refractivity (Wildman–Crippen MR) is 153 cm³/mol. The molecular formula is C33H35N3O3. The molecule has 2 aliphatic heterocycles. The molecule has 0 unspecified atom stereocenters. The largest absolute Gasteiger partial charge is 0.484 e. The Morgan fingerprint density at radius 1 is 0.923 bits per heavy atom. The molecule has 6 heteroatoms. The van der Waals surface area contributed by atoms with Crippen molar-refractivity contribution in [1.82, 2.24) is 4.90 Å². The van der Waals surface area contributed by atoms with Crippen LogP contribution in [0.1, 0.15) is 43.2 Å². The van der Waals surface area contributed by atoms with Crippen LogP contribution < -0.4 is 10.5 Å². The monoisotopic (exact) mass is 521 g/mol. The fraction of sp³-hybridized carbons (Fsp3) is 0.303. The van der Waals surface area contributed by atoms with E-state index in [2.05, 4.69) is 6.08 Å². The second-order valence-electron chi connectivity index (χ2n) is 10.3. The van der Waals surface area contributed by atoms with E-state index >= 15 is 0 Å². The number of allylic oxidation sites excluding steroid dienone is 1. The van der Waals surface area contributed by atoms with E-state index < -0.39 is 5.54 Å². The number of ketones is 1. The lowest BCUT2D eigenvalue weighted by Gasteiger charge is -2.34. The van der Waals surface area contributed by atoms with Crippen molar-refractivity contribution in [2.75, 3.05) is 19.7 Å². The third kappa shape index (κ3) is 5.95. The average molecular weight is 522 g/mol. The number of amides is 1. The average Bonchev–Trinajstić information content (AvgIpc) is 2.99. The minimum atomic E-state index is -1.12. The van der Waals surface area contributed by atoms with Crippen molar-refractivity contribution in [1.29, 1.82) is 0 Å². The SMILES string of the molecule is NC1=NC(c2ccccc2)(c2ccccc2)C(=O)C/C1=C/CCC1CCN(C(=O)COc2ccccc2)CC1. The molecule has 2 heterocycles. The van der Waals surface area contributed by atoms with E-state index in [0.717, 1.165) is 55.5 Å². The first-order valence-electron chi connectivity index (χ1n) is 13.7. The molecule has 6 nitrogen and oxygen atoms in total. The zero-order valence-electron chi connectivity index (χ0n) is 22.2. The van der Waals surface area contributed by atoms with Crippen molar-refractivity contribution in [3.8, 4) is 5.75 Å². The van der Waals surface area contributed by atoms with Gasteiger partial charge in [0.05, 0.1) is 0 Å². The van der Waals surface area contributed by atoms with Crippen LogP contribution in [-0.2, 0) is 15.1 Å². The Hall–Kier alpha value is -4.19. The summed E-state index contributed by atoms with van der Waals surface area (Å²) in [6.45, 7) is 1.56. The van der Waals surface area contributed by atoms with Crippen LogP contribution in [0.4, 0.5) is 0 Å². The molecule has 0 atom stereocenters. The molecule has 0 aliphatic carbocycles. The summed E-state index contributed by atoms with van der Waals surface area (Å²) >= 11 is 0. The highest BCUT2D eigenvalue weighted by atomic mass is 16.5. The quantitative estimate of drug-likeness (QED) is 0.437. The maximum atomic E-state index is 13.7. The standard InChI is InChI=1S/C33H35N3O3/c34-32-26(23-30(37)33(35-32,27-13-4-1-5-14-27)28-15-6-2-7-16-28)12-10-11-25-19-21-36(22-20-25)31(38)24-39-29-17-8-3-9-18-29/h1-9,12-18,25H,10-11,19-24H2,(H2,34,35)/b26-12-. The predicted octanol–water partition coefficient (Wildman–Crippen LogP) is 5.28. The second-order valence-corrected chi connectivity index (χ2v) is 10.3. The van der Waals surface area contributed by atoms with Gasteiger partial charge in [-0.05, 0) is 60.4 Å². The van der Waals surface area contributed by atoms with Crippen molar-refractivity contribution < 1.29 is 14.3 Å². The Morgan fingerprint density at radius 3 is 2.08 bits per heavy atom. The van der Waals surface area contributed by atoms with Gasteiger partial charge in [-0.1, -0.05) is 84.9 Å². The van der Waals surface area contributed by atoms with Crippen LogP contribution in [0.3, 0.4) is 0 Å². The Balaban J connectivity index is 1.18.